The maximum atomic E-state index is 10.8. The van der Waals surface area contributed by atoms with Gasteiger partial charge in [0.2, 0.25) is 0 Å². The van der Waals surface area contributed by atoms with Crippen LogP contribution in [0.1, 0.15) is 11.5 Å². The monoisotopic (exact) mass is 212 g/mol. The van der Waals surface area contributed by atoms with Gasteiger partial charge < -0.3 is 0 Å². The van der Waals surface area contributed by atoms with E-state index in [0.29, 0.717) is 5.57 Å². The number of allylic oxidation sites excluding steroid dienone is 4. The summed E-state index contributed by atoms with van der Waals surface area (Å²) in [4.78, 5) is 10.3. The summed E-state index contributed by atoms with van der Waals surface area (Å²) in [6.07, 6.45) is 6.06. The third kappa shape index (κ3) is 1.80. The summed E-state index contributed by atoms with van der Waals surface area (Å²) in [5.74, 6) is -0.122. The van der Waals surface area contributed by atoms with Crippen molar-refractivity contribution >= 4 is 0 Å². The number of benzene rings is 1. The van der Waals surface area contributed by atoms with E-state index in [1.807, 2.05) is 36.4 Å². The highest BCUT2D eigenvalue weighted by molar-refractivity contribution is 5.43. The van der Waals surface area contributed by atoms with Gasteiger partial charge in [0.15, 0.2) is 0 Å². The van der Waals surface area contributed by atoms with Gasteiger partial charge >= 0.3 is 0 Å². The Bertz CT molecular complexity index is 486. The maximum absolute atomic E-state index is 10.8. The number of nitro groups is 1. The Morgan fingerprint density at radius 1 is 1.31 bits per heavy atom. The molecule has 0 spiro atoms. The van der Waals surface area contributed by atoms with Gasteiger partial charge in [-0.25, -0.2) is 0 Å². The second-order valence-corrected chi connectivity index (χ2v) is 3.52. The van der Waals surface area contributed by atoms with E-state index >= 15 is 0 Å². The summed E-state index contributed by atoms with van der Waals surface area (Å²) in [6, 6.07) is 9.59. The highest BCUT2D eigenvalue weighted by Crippen LogP contribution is 2.32. The van der Waals surface area contributed by atoms with Gasteiger partial charge in [-0.3, -0.25) is 10.1 Å². The van der Waals surface area contributed by atoms with E-state index in [-0.39, 0.29) is 11.6 Å². The number of hydrogen-bond acceptors (Lipinski definition) is 2. The standard InChI is InChI=1S/C13H10NO2/c1-10-12(11-6-3-2-4-7-11)8-5-9-13(10)14(15)16/h2-8,12H,1H2. The molecule has 79 valence electrons. The molecule has 0 saturated carbocycles. The Labute approximate surface area is 93.6 Å². The Morgan fingerprint density at radius 2 is 2.00 bits per heavy atom. The minimum atomic E-state index is -0.443. The zero-order valence-corrected chi connectivity index (χ0v) is 8.59. The van der Waals surface area contributed by atoms with Gasteiger partial charge in [-0.2, -0.15) is 0 Å². The van der Waals surface area contributed by atoms with Crippen molar-refractivity contribution in [1.29, 1.82) is 0 Å². The van der Waals surface area contributed by atoms with E-state index in [9.17, 15) is 10.1 Å². The second-order valence-electron chi connectivity index (χ2n) is 3.52. The van der Waals surface area contributed by atoms with Crippen LogP contribution < -0.4 is 0 Å². The lowest BCUT2D eigenvalue weighted by Gasteiger charge is -2.16. The summed E-state index contributed by atoms with van der Waals surface area (Å²) in [5.41, 5.74) is 1.46. The summed E-state index contributed by atoms with van der Waals surface area (Å²) in [6.45, 7) is 3.78. The minimum absolute atomic E-state index is 0.0312. The molecule has 0 bridgehead atoms. The fourth-order valence-electron chi connectivity index (χ4n) is 1.72. The van der Waals surface area contributed by atoms with Gasteiger partial charge in [-0.15, -0.1) is 0 Å². The summed E-state index contributed by atoms with van der Waals surface area (Å²) in [7, 11) is 0. The first kappa shape index (κ1) is 10.4. The van der Waals surface area contributed by atoms with Crippen molar-refractivity contribution < 1.29 is 4.92 Å². The molecule has 0 saturated heterocycles. The SMILES string of the molecule is C=C1C([N+](=O)[O-])=[C]C=CC1c1ccccc1. The van der Waals surface area contributed by atoms with E-state index < -0.39 is 4.92 Å². The number of nitrogens with zero attached hydrogens (tertiary/aromatic N) is 1. The second kappa shape index (κ2) is 4.14. The predicted molar refractivity (Wildman–Crippen MR) is 61.2 cm³/mol. The topological polar surface area (TPSA) is 43.1 Å². The van der Waals surface area contributed by atoms with E-state index in [1.54, 1.807) is 6.08 Å². The molecular formula is C13H10NO2. The van der Waals surface area contributed by atoms with Crippen molar-refractivity contribution in [3.05, 3.63) is 82.1 Å². The highest BCUT2D eigenvalue weighted by atomic mass is 16.6. The van der Waals surface area contributed by atoms with Crippen LogP contribution in [0.15, 0.2) is 60.3 Å². The molecule has 1 unspecified atom stereocenters. The van der Waals surface area contributed by atoms with Crippen LogP contribution in [0.3, 0.4) is 0 Å². The third-order valence-corrected chi connectivity index (χ3v) is 2.53. The fourth-order valence-corrected chi connectivity index (χ4v) is 1.72. The molecule has 1 aromatic carbocycles. The predicted octanol–water partition coefficient (Wildman–Crippen LogP) is 2.86. The molecule has 2 rings (SSSR count). The van der Waals surface area contributed by atoms with Crippen molar-refractivity contribution in [3.8, 4) is 0 Å². The van der Waals surface area contributed by atoms with Crippen LogP contribution in [0.5, 0.6) is 0 Å². The smallest absolute Gasteiger partial charge is 0.258 e. The van der Waals surface area contributed by atoms with Crippen molar-refractivity contribution in [2.75, 3.05) is 0 Å². The molecule has 1 radical (unpaired) electrons. The molecule has 0 fully saturated rings. The zero-order chi connectivity index (χ0) is 11.5. The molecule has 16 heavy (non-hydrogen) atoms. The molecule has 1 aliphatic carbocycles. The molecule has 1 atom stereocenters. The lowest BCUT2D eigenvalue weighted by molar-refractivity contribution is -0.421. The van der Waals surface area contributed by atoms with Crippen LogP contribution in [0.25, 0.3) is 0 Å². The van der Waals surface area contributed by atoms with Crippen LogP contribution in [-0.4, -0.2) is 4.92 Å². The van der Waals surface area contributed by atoms with Crippen molar-refractivity contribution in [3.63, 3.8) is 0 Å². The lowest BCUT2D eigenvalue weighted by atomic mass is 9.87. The fraction of sp³-hybridized carbons (Fsp3) is 0.0769. The first-order valence-corrected chi connectivity index (χ1v) is 4.89. The maximum Gasteiger partial charge on any atom is 0.280 e. The minimum Gasteiger partial charge on any atom is -0.258 e. The molecule has 0 aliphatic heterocycles. The molecule has 0 N–H and O–H groups in total. The van der Waals surface area contributed by atoms with Crippen LogP contribution in [0.4, 0.5) is 0 Å². The van der Waals surface area contributed by atoms with Gasteiger partial charge in [-0.1, -0.05) is 49.1 Å². The van der Waals surface area contributed by atoms with E-state index in [0.717, 1.165) is 5.56 Å². The molecule has 3 heteroatoms. The highest BCUT2D eigenvalue weighted by Gasteiger charge is 2.25. The van der Waals surface area contributed by atoms with Crippen molar-refractivity contribution in [1.82, 2.24) is 0 Å². The van der Waals surface area contributed by atoms with Gasteiger partial charge in [0.1, 0.15) is 0 Å². The Morgan fingerprint density at radius 3 is 2.62 bits per heavy atom. The Hall–Kier alpha value is -2.16. The molecular weight excluding hydrogens is 202 g/mol. The molecule has 1 aromatic rings. The van der Waals surface area contributed by atoms with E-state index in [2.05, 4.69) is 12.7 Å². The first-order valence-electron chi connectivity index (χ1n) is 4.89. The molecule has 3 nitrogen and oxygen atoms in total. The Kier molecular flexibility index (Phi) is 2.68. The van der Waals surface area contributed by atoms with E-state index in [1.165, 1.54) is 0 Å². The lowest BCUT2D eigenvalue weighted by Crippen LogP contribution is -2.10. The average Bonchev–Trinajstić information content (AvgIpc) is 2.30. The van der Waals surface area contributed by atoms with Gasteiger partial charge in [0.25, 0.3) is 5.70 Å². The summed E-state index contributed by atoms with van der Waals surface area (Å²) < 4.78 is 0. The van der Waals surface area contributed by atoms with Gasteiger partial charge in [0, 0.05) is 11.5 Å². The molecule has 0 heterocycles. The summed E-state index contributed by atoms with van der Waals surface area (Å²) in [5, 5.41) is 10.8. The van der Waals surface area contributed by atoms with Crippen LogP contribution in [0.2, 0.25) is 0 Å². The largest absolute Gasteiger partial charge is 0.280 e. The van der Waals surface area contributed by atoms with Gasteiger partial charge in [0.05, 0.1) is 11.0 Å². The quantitative estimate of drug-likeness (QED) is 0.558. The zero-order valence-electron chi connectivity index (χ0n) is 8.59. The van der Waals surface area contributed by atoms with E-state index in [4.69, 9.17) is 0 Å². The molecule has 1 aliphatic rings. The normalized spacial score (nSPS) is 19.4. The Balaban J connectivity index is 2.35. The van der Waals surface area contributed by atoms with Crippen molar-refractivity contribution in [2.24, 2.45) is 0 Å². The first-order chi connectivity index (χ1) is 7.70. The molecule has 0 amide bonds. The van der Waals surface area contributed by atoms with Crippen molar-refractivity contribution in [2.45, 2.75) is 5.92 Å². The van der Waals surface area contributed by atoms with Crippen LogP contribution in [0, 0.1) is 16.2 Å². The number of hydrogen-bond donors (Lipinski definition) is 0. The van der Waals surface area contributed by atoms with Crippen LogP contribution >= 0.6 is 0 Å². The molecule has 0 aromatic heterocycles. The van der Waals surface area contributed by atoms with Crippen LogP contribution in [-0.2, 0) is 0 Å². The number of rotatable bonds is 2. The summed E-state index contributed by atoms with van der Waals surface area (Å²) >= 11 is 0. The average molecular weight is 212 g/mol. The van der Waals surface area contributed by atoms with Gasteiger partial charge in [-0.05, 0) is 5.56 Å². The third-order valence-electron chi connectivity index (χ3n) is 2.53.